The third kappa shape index (κ3) is 4.26. The molecule has 6 nitrogen and oxygen atoms in total. The Bertz CT molecular complexity index is 943. The molecule has 4 rings (SSSR count). The molecule has 3 aromatic rings. The van der Waals surface area contributed by atoms with Crippen molar-refractivity contribution >= 4 is 17.2 Å². The number of thiazole rings is 1. The number of hydrogen-bond donors (Lipinski definition) is 0. The molecule has 0 aliphatic carbocycles. The molecule has 0 spiro atoms. The maximum Gasteiger partial charge on any atom is 0.273 e. The van der Waals surface area contributed by atoms with Gasteiger partial charge >= 0.3 is 0 Å². The molecule has 0 atom stereocenters. The molecule has 0 bridgehead atoms. The average molecular weight is 410 g/mol. The maximum atomic E-state index is 13.1. The number of nitrogens with zero attached hydrogens (tertiary/aromatic N) is 5. The van der Waals surface area contributed by atoms with Crippen LogP contribution in [0.4, 0.5) is 0 Å². The predicted octanol–water partition coefficient (Wildman–Crippen LogP) is 3.94. The van der Waals surface area contributed by atoms with E-state index in [9.17, 15) is 4.79 Å². The highest BCUT2D eigenvalue weighted by Crippen LogP contribution is 2.26. The minimum Gasteiger partial charge on any atom is -0.334 e. The van der Waals surface area contributed by atoms with Crippen molar-refractivity contribution in [2.75, 3.05) is 26.2 Å². The summed E-state index contributed by atoms with van der Waals surface area (Å²) in [6, 6.07) is 10.3. The predicted molar refractivity (Wildman–Crippen MR) is 117 cm³/mol. The largest absolute Gasteiger partial charge is 0.334 e. The van der Waals surface area contributed by atoms with Crippen LogP contribution in [0.2, 0.25) is 0 Å². The molecule has 1 aliphatic rings. The van der Waals surface area contributed by atoms with Crippen molar-refractivity contribution in [1.29, 1.82) is 0 Å². The first-order valence-electron chi connectivity index (χ1n) is 10.3. The zero-order valence-corrected chi connectivity index (χ0v) is 17.8. The van der Waals surface area contributed by atoms with Gasteiger partial charge in [0.25, 0.3) is 5.91 Å². The lowest BCUT2D eigenvalue weighted by Gasteiger charge is -2.37. The molecule has 1 aromatic carbocycles. The Morgan fingerprint density at radius 2 is 1.97 bits per heavy atom. The van der Waals surface area contributed by atoms with E-state index in [1.165, 1.54) is 11.3 Å². The summed E-state index contributed by atoms with van der Waals surface area (Å²) in [5.74, 6) is 0.0420. The minimum atomic E-state index is 0.0420. The van der Waals surface area contributed by atoms with Crippen LogP contribution in [0.25, 0.3) is 16.3 Å². The third-order valence-corrected chi connectivity index (χ3v) is 6.51. The summed E-state index contributed by atoms with van der Waals surface area (Å²) in [4.78, 5) is 22.2. The smallest absolute Gasteiger partial charge is 0.273 e. The summed E-state index contributed by atoms with van der Waals surface area (Å²) in [7, 11) is 0. The van der Waals surface area contributed by atoms with Crippen LogP contribution >= 0.6 is 11.3 Å². The zero-order chi connectivity index (χ0) is 20.2. The van der Waals surface area contributed by atoms with Crippen LogP contribution in [0.1, 0.15) is 37.2 Å². The van der Waals surface area contributed by atoms with E-state index in [-0.39, 0.29) is 5.91 Å². The van der Waals surface area contributed by atoms with E-state index in [0.717, 1.165) is 48.7 Å². The number of carbonyl (C=O) groups excluding carboxylic acids is 1. The van der Waals surface area contributed by atoms with Crippen LogP contribution in [0.3, 0.4) is 0 Å². The SMILES string of the molecule is CCN1CCC(N(CC)C(=O)c2csc(-c3cnn(-c4ccccc4)c3)n2)CC1. The highest BCUT2D eigenvalue weighted by molar-refractivity contribution is 7.13. The zero-order valence-electron chi connectivity index (χ0n) is 17.0. The standard InChI is InChI=1S/C22H27N5OS/c1-3-25-12-10-18(11-13-25)26(4-2)22(28)20-16-29-21(24-20)17-14-23-27(15-17)19-8-6-5-7-9-19/h5-9,14-16,18H,3-4,10-13H2,1-2H3. The van der Waals surface area contributed by atoms with Crippen molar-refractivity contribution in [1.82, 2.24) is 24.6 Å². The van der Waals surface area contributed by atoms with E-state index < -0.39 is 0 Å². The molecule has 1 aliphatic heterocycles. The van der Waals surface area contributed by atoms with Crippen LogP contribution in [-0.4, -0.2) is 62.7 Å². The molecule has 1 fully saturated rings. The number of aromatic nitrogens is 3. The maximum absolute atomic E-state index is 13.1. The first kappa shape index (κ1) is 19.8. The summed E-state index contributed by atoms with van der Waals surface area (Å²) < 4.78 is 1.83. The summed E-state index contributed by atoms with van der Waals surface area (Å²) in [5, 5.41) is 7.14. The third-order valence-electron chi connectivity index (χ3n) is 5.62. The van der Waals surface area contributed by atoms with Crippen molar-refractivity contribution < 1.29 is 4.79 Å². The van der Waals surface area contributed by atoms with Crippen LogP contribution in [0.5, 0.6) is 0 Å². The fourth-order valence-electron chi connectivity index (χ4n) is 3.92. The number of piperidine rings is 1. The Balaban J connectivity index is 1.48. The Morgan fingerprint density at radius 1 is 1.21 bits per heavy atom. The van der Waals surface area contributed by atoms with Gasteiger partial charge in [-0.25, -0.2) is 9.67 Å². The highest BCUT2D eigenvalue weighted by atomic mass is 32.1. The molecule has 0 N–H and O–H groups in total. The monoisotopic (exact) mass is 409 g/mol. The van der Waals surface area contributed by atoms with Crippen molar-refractivity contribution in [3.8, 4) is 16.3 Å². The van der Waals surface area contributed by atoms with Crippen LogP contribution in [-0.2, 0) is 0 Å². The highest BCUT2D eigenvalue weighted by Gasteiger charge is 2.28. The first-order valence-corrected chi connectivity index (χ1v) is 11.2. The van der Waals surface area contributed by atoms with Gasteiger partial charge in [-0.1, -0.05) is 25.1 Å². The van der Waals surface area contributed by atoms with E-state index in [1.54, 1.807) is 6.20 Å². The first-order chi connectivity index (χ1) is 14.2. The fraction of sp³-hybridized carbons (Fsp3) is 0.409. The van der Waals surface area contributed by atoms with E-state index in [1.807, 2.05) is 51.5 Å². The Hall–Kier alpha value is -2.51. The lowest BCUT2D eigenvalue weighted by Crippen LogP contribution is -2.47. The van der Waals surface area contributed by atoms with Gasteiger partial charge in [0.15, 0.2) is 0 Å². The minimum absolute atomic E-state index is 0.0420. The summed E-state index contributed by atoms with van der Waals surface area (Å²) in [6.07, 6.45) is 5.83. The van der Waals surface area contributed by atoms with Gasteiger partial charge in [-0.2, -0.15) is 5.10 Å². The van der Waals surface area contributed by atoms with E-state index in [4.69, 9.17) is 0 Å². The number of carbonyl (C=O) groups is 1. The molecule has 0 saturated carbocycles. The normalized spacial score (nSPS) is 15.5. The number of rotatable bonds is 6. The van der Waals surface area contributed by atoms with Gasteiger partial charge in [0, 0.05) is 42.8 Å². The molecular formula is C22H27N5OS. The summed E-state index contributed by atoms with van der Waals surface area (Å²) >= 11 is 1.50. The lowest BCUT2D eigenvalue weighted by molar-refractivity contribution is 0.0587. The molecule has 29 heavy (non-hydrogen) atoms. The van der Waals surface area contributed by atoms with Gasteiger partial charge in [0.05, 0.1) is 11.9 Å². The number of hydrogen-bond acceptors (Lipinski definition) is 5. The van der Waals surface area contributed by atoms with Crippen molar-refractivity contribution in [3.05, 3.63) is 53.8 Å². The van der Waals surface area contributed by atoms with Gasteiger partial charge in [0.2, 0.25) is 0 Å². The van der Waals surface area contributed by atoms with Crippen LogP contribution in [0.15, 0.2) is 48.1 Å². The van der Waals surface area contributed by atoms with E-state index in [2.05, 4.69) is 28.8 Å². The average Bonchev–Trinajstić information content (AvgIpc) is 3.45. The molecule has 2 aromatic heterocycles. The second-order valence-electron chi connectivity index (χ2n) is 7.30. The molecule has 0 unspecified atom stereocenters. The van der Waals surface area contributed by atoms with Gasteiger partial charge in [-0.3, -0.25) is 4.79 Å². The molecule has 0 radical (unpaired) electrons. The van der Waals surface area contributed by atoms with Gasteiger partial charge in [0.1, 0.15) is 10.7 Å². The summed E-state index contributed by atoms with van der Waals surface area (Å²) in [6.45, 7) is 8.17. The molecule has 7 heteroatoms. The fourth-order valence-corrected chi connectivity index (χ4v) is 4.69. The molecule has 152 valence electrons. The molecule has 1 saturated heterocycles. The molecular weight excluding hydrogens is 382 g/mol. The second-order valence-corrected chi connectivity index (χ2v) is 8.16. The quantitative estimate of drug-likeness (QED) is 0.619. The lowest BCUT2D eigenvalue weighted by atomic mass is 10.0. The Morgan fingerprint density at radius 3 is 2.66 bits per heavy atom. The van der Waals surface area contributed by atoms with Crippen LogP contribution in [0, 0.1) is 0 Å². The molecule has 1 amide bonds. The van der Waals surface area contributed by atoms with Gasteiger partial charge in [-0.05, 0) is 38.4 Å². The second kappa shape index (κ2) is 8.88. The molecule has 3 heterocycles. The van der Waals surface area contributed by atoms with E-state index >= 15 is 0 Å². The van der Waals surface area contributed by atoms with Crippen molar-refractivity contribution in [2.24, 2.45) is 0 Å². The number of para-hydroxylation sites is 1. The van der Waals surface area contributed by atoms with Crippen LogP contribution < -0.4 is 0 Å². The Labute approximate surface area is 175 Å². The number of benzene rings is 1. The van der Waals surface area contributed by atoms with Crippen molar-refractivity contribution in [3.63, 3.8) is 0 Å². The number of amides is 1. The van der Waals surface area contributed by atoms with E-state index in [0.29, 0.717) is 18.3 Å². The Kier molecular flexibility index (Phi) is 6.06. The van der Waals surface area contributed by atoms with Crippen molar-refractivity contribution in [2.45, 2.75) is 32.7 Å². The van der Waals surface area contributed by atoms with Gasteiger partial charge in [-0.15, -0.1) is 11.3 Å². The number of likely N-dealkylation sites (tertiary alicyclic amines) is 1. The van der Waals surface area contributed by atoms with Gasteiger partial charge < -0.3 is 9.80 Å². The summed E-state index contributed by atoms with van der Waals surface area (Å²) in [5.41, 5.74) is 2.47. The topological polar surface area (TPSA) is 54.3 Å².